The van der Waals surface area contributed by atoms with Gasteiger partial charge in [-0.1, -0.05) is 146 Å². The maximum absolute atomic E-state index is 5.57. The molecule has 0 spiro atoms. The van der Waals surface area contributed by atoms with E-state index in [-0.39, 0.29) is 0 Å². The van der Waals surface area contributed by atoms with Crippen LogP contribution in [0.3, 0.4) is 0 Å². The molecule has 50 heavy (non-hydrogen) atoms. The molecule has 3 heterocycles. The van der Waals surface area contributed by atoms with E-state index in [4.69, 9.17) is 9.97 Å². The lowest BCUT2D eigenvalue weighted by molar-refractivity contribution is 1.08. The molecule has 11 aromatic rings. The van der Waals surface area contributed by atoms with Gasteiger partial charge in [-0.25, -0.2) is 9.97 Å². The van der Waals surface area contributed by atoms with Crippen LogP contribution in [-0.4, -0.2) is 14.5 Å². The smallest absolute Gasteiger partial charge is 0.163 e. The maximum Gasteiger partial charge on any atom is 0.163 e. The minimum atomic E-state index is 0.720. The number of aromatic nitrogens is 3. The van der Waals surface area contributed by atoms with Crippen LogP contribution in [0.15, 0.2) is 164 Å². The molecule has 0 saturated carbocycles. The van der Waals surface area contributed by atoms with Crippen molar-refractivity contribution in [2.45, 2.75) is 0 Å². The van der Waals surface area contributed by atoms with Crippen molar-refractivity contribution in [2.75, 3.05) is 0 Å². The van der Waals surface area contributed by atoms with Crippen molar-refractivity contribution in [2.24, 2.45) is 0 Å². The van der Waals surface area contributed by atoms with Gasteiger partial charge in [0.1, 0.15) is 4.83 Å². The zero-order valence-electron chi connectivity index (χ0n) is 26.8. The average molecular weight is 654 g/mol. The molecule has 0 bridgehead atoms. The second-order valence-corrected chi connectivity index (χ2v) is 14.0. The van der Waals surface area contributed by atoms with Crippen LogP contribution in [-0.2, 0) is 0 Å². The zero-order valence-corrected chi connectivity index (χ0v) is 27.7. The summed E-state index contributed by atoms with van der Waals surface area (Å²) in [5.74, 6) is 1.62. The average Bonchev–Trinajstić information content (AvgIpc) is 3.75. The molecule has 232 valence electrons. The molecule has 0 atom stereocenters. The van der Waals surface area contributed by atoms with Crippen molar-refractivity contribution in [1.29, 1.82) is 0 Å². The summed E-state index contributed by atoms with van der Waals surface area (Å²) in [6, 6.07) is 58.8. The summed E-state index contributed by atoms with van der Waals surface area (Å²) >= 11 is 1.76. The van der Waals surface area contributed by atoms with Crippen LogP contribution in [0.4, 0.5) is 0 Å². The standard InChI is InChI=1S/C46H27N3S/c1-2-11-28(12-3-1)32-16-10-17-33(27-32)44-47-45(42-37-24-21-31-15-6-9-20-36(31)43(37)50-46(42)48-44)49-38-25-22-29-13-4-7-18-34(29)40(38)41-35-19-8-5-14-30(35)23-26-39(41)49/h1-27H. The third-order valence-corrected chi connectivity index (χ3v) is 11.3. The number of thiophene rings is 1. The van der Waals surface area contributed by atoms with Crippen LogP contribution in [0.2, 0.25) is 0 Å². The van der Waals surface area contributed by atoms with Crippen molar-refractivity contribution in [3.05, 3.63) is 164 Å². The molecule has 3 aromatic heterocycles. The van der Waals surface area contributed by atoms with Crippen LogP contribution >= 0.6 is 11.3 Å². The van der Waals surface area contributed by atoms with E-state index in [1.165, 1.54) is 58.7 Å². The van der Waals surface area contributed by atoms with Gasteiger partial charge in [0.2, 0.25) is 0 Å². The van der Waals surface area contributed by atoms with Gasteiger partial charge in [-0.2, -0.15) is 0 Å². The second-order valence-electron chi connectivity index (χ2n) is 13.0. The van der Waals surface area contributed by atoms with Gasteiger partial charge in [0.25, 0.3) is 0 Å². The van der Waals surface area contributed by atoms with E-state index in [0.29, 0.717) is 0 Å². The molecule has 0 aliphatic carbocycles. The fourth-order valence-electron chi connectivity index (χ4n) is 7.92. The predicted molar refractivity (Wildman–Crippen MR) is 213 cm³/mol. The molecule has 3 nitrogen and oxygen atoms in total. The van der Waals surface area contributed by atoms with Crippen molar-refractivity contribution >= 4 is 85.8 Å². The lowest BCUT2D eigenvalue weighted by Gasteiger charge is -2.12. The van der Waals surface area contributed by atoms with Gasteiger partial charge in [0.05, 0.1) is 16.4 Å². The molecule has 0 amide bonds. The molecule has 0 N–H and O–H groups in total. The van der Waals surface area contributed by atoms with Crippen molar-refractivity contribution in [1.82, 2.24) is 14.5 Å². The van der Waals surface area contributed by atoms with Crippen LogP contribution in [0, 0.1) is 0 Å². The summed E-state index contributed by atoms with van der Waals surface area (Å²) in [5, 5.41) is 12.2. The normalized spacial score (nSPS) is 12.0. The van der Waals surface area contributed by atoms with Gasteiger partial charge in [0, 0.05) is 26.4 Å². The molecule has 11 rings (SSSR count). The Labute approximate surface area is 291 Å². The van der Waals surface area contributed by atoms with E-state index in [1.54, 1.807) is 11.3 Å². The van der Waals surface area contributed by atoms with Gasteiger partial charge in [-0.3, -0.25) is 4.57 Å². The summed E-state index contributed by atoms with van der Waals surface area (Å²) in [4.78, 5) is 11.9. The van der Waals surface area contributed by atoms with E-state index < -0.39 is 0 Å². The van der Waals surface area contributed by atoms with Gasteiger partial charge in [0.15, 0.2) is 11.6 Å². The fraction of sp³-hybridized carbons (Fsp3) is 0. The van der Waals surface area contributed by atoms with Crippen LogP contribution in [0.1, 0.15) is 0 Å². The molecule has 0 aliphatic heterocycles. The van der Waals surface area contributed by atoms with E-state index in [1.807, 2.05) is 0 Å². The third-order valence-electron chi connectivity index (χ3n) is 10.2. The molecule has 0 unspecified atom stereocenters. The Morgan fingerprint density at radius 3 is 1.66 bits per heavy atom. The molecule has 4 heteroatoms. The highest BCUT2D eigenvalue weighted by Crippen LogP contribution is 2.45. The van der Waals surface area contributed by atoms with Crippen LogP contribution < -0.4 is 0 Å². The van der Waals surface area contributed by atoms with E-state index in [9.17, 15) is 0 Å². The number of hydrogen-bond donors (Lipinski definition) is 0. The van der Waals surface area contributed by atoms with Crippen LogP contribution in [0.25, 0.3) is 103 Å². The molecule has 0 radical (unpaired) electrons. The highest BCUT2D eigenvalue weighted by atomic mass is 32.1. The summed E-state index contributed by atoms with van der Waals surface area (Å²) in [6.07, 6.45) is 0. The SMILES string of the molecule is c1ccc(-c2cccc(-c3nc(-n4c5ccc6ccccc6c5c5c6ccccc6ccc54)c4c(n3)sc3c5ccccc5ccc34)c2)cc1. The summed E-state index contributed by atoms with van der Waals surface area (Å²) in [6.45, 7) is 0. The first-order valence-corrected chi connectivity index (χ1v) is 17.7. The maximum atomic E-state index is 5.57. The fourth-order valence-corrected chi connectivity index (χ4v) is 9.13. The van der Waals surface area contributed by atoms with Gasteiger partial charge in [-0.15, -0.1) is 11.3 Å². The van der Waals surface area contributed by atoms with E-state index >= 15 is 0 Å². The number of nitrogens with zero attached hydrogens (tertiary/aromatic N) is 3. The van der Waals surface area contributed by atoms with E-state index in [2.05, 4.69) is 168 Å². The predicted octanol–water partition coefficient (Wildman–Crippen LogP) is 12.7. The Kier molecular flexibility index (Phi) is 5.83. The first-order valence-electron chi connectivity index (χ1n) is 16.9. The third kappa shape index (κ3) is 3.97. The molecule has 0 fully saturated rings. The first kappa shape index (κ1) is 27.6. The quantitative estimate of drug-likeness (QED) is 0.190. The number of hydrogen-bond acceptors (Lipinski definition) is 3. The number of benzene rings is 8. The largest absolute Gasteiger partial charge is 0.293 e. The van der Waals surface area contributed by atoms with Crippen molar-refractivity contribution in [3.63, 3.8) is 0 Å². The Bertz CT molecular complexity index is 3060. The van der Waals surface area contributed by atoms with Gasteiger partial charge >= 0.3 is 0 Å². The van der Waals surface area contributed by atoms with Gasteiger partial charge < -0.3 is 0 Å². The highest BCUT2D eigenvalue weighted by molar-refractivity contribution is 7.26. The number of fused-ring (bicyclic) bond motifs is 12. The Morgan fingerprint density at radius 2 is 0.960 bits per heavy atom. The Balaban J connectivity index is 1.32. The topological polar surface area (TPSA) is 30.7 Å². The van der Waals surface area contributed by atoms with Crippen molar-refractivity contribution in [3.8, 4) is 28.3 Å². The van der Waals surface area contributed by atoms with Crippen molar-refractivity contribution < 1.29 is 0 Å². The van der Waals surface area contributed by atoms with Crippen LogP contribution in [0.5, 0.6) is 0 Å². The molecule has 0 saturated heterocycles. The minimum Gasteiger partial charge on any atom is -0.293 e. The second kappa shape index (κ2) is 10.6. The minimum absolute atomic E-state index is 0.720. The molecular formula is C46H27N3S. The highest BCUT2D eigenvalue weighted by Gasteiger charge is 2.23. The Hall–Kier alpha value is -6.36. The summed E-state index contributed by atoms with van der Waals surface area (Å²) in [5.41, 5.74) is 5.59. The lowest BCUT2D eigenvalue weighted by Crippen LogP contribution is -2.02. The van der Waals surface area contributed by atoms with E-state index in [0.717, 1.165) is 44.0 Å². The Morgan fingerprint density at radius 1 is 0.400 bits per heavy atom. The first-order chi connectivity index (χ1) is 24.8. The van der Waals surface area contributed by atoms with Gasteiger partial charge in [-0.05, 0) is 61.6 Å². The molecule has 8 aromatic carbocycles. The summed E-state index contributed by atoms with van der Waals surface area (Å²) < 4.78 is 3.64. The monoisotopic (exact) mass is 653 g/mol. The lowest BCUT2D eigenvalue weighted by atomic mass is 10.00. The zero-order chi connectivity index (χ0) is 32.8. The number of rotatable bonds is 3. The molecular weight excluding hydrogens is 627 g/mol. The summed E-state index contributed by atoms with van der Waals surface area (Å²) in [7, 11) is 0. The molecule has 0 aliphatic rings.